The van der Waals surface area contributed by atoms with Gasteiger partial charge < -0.3 is 15.0 Å². The van der Waals surface area contributed by atoms with Crippen molar-refractivity contribution in [1.29, 1.82) is 0 Å². The number of nitrogens with two attached hydrogens (primary N) is 1. The summed E-state index contributed by atoms with van der Waals surface area (Å²) in [5.74, 6) is -0.591. The van der Waals surface area contributed by atoms with Gasteiger partial charge in [0.15, 0.2) is 9.84 Å². The Balaban J connectivity index is 2.64. The van der Waals surface area contributed by atoms with Crippen LogP contribution in [0.15, 0.2) is 12.3 Å². The number of esters is 1. The minimum Gasteiger partial charge on any atom is -0.460 e. The second-order valence-electron chi connectivity index (χ2n) is 4.95. The lowest BCUT2D eigenvalue weighted by atomic mass is 10.3. The molecule has 0 fully saturated rings. The Kier molecular flexibility index (Phi) is 5.62. The van der Waals surface area contributed by atoms with Crippen LogP contribution in [0.2, 0.25) is 0 Å². The molecule has 0 bridgehead atoms. The maximum Gasteiger partial charge on any atom is 0.355 e. The quantitative estimate of drug-likeness (QED) is 0.773. The normalized spacial score (nSPS) is 11.8. The summed E-state index contributed by atoms with van der Waals surface area (Å²) in [5.41, 5.74) is 6.48. The van der Waals surface area contributed by atoms with Crippen LogP contribution in [0.3, 0.4) is 0 Å². The van der Waals surface area contributed by atoms with Crippen molar-refractivity contribution in [2.75, 3.05) is 23.8 Å². The zero-order valence-electron chi connectivity index (χ0n) is 12.1. The summed E-state index contributed by atoms with van der Waals surface area (Å²) in [6.45, 7) is 5.50. The molecule has 0 unspecified atom stereocenters. The zero-order chi connectivity index (χ0) is 15.3. The predicted octanol–water partition coefficient (Wildman–Crippen LogP) is 1.63. The fraction of sp³-hybridized carbons (Fsp3) is 0.615. The van der Waals surface area contributed by atoms with Gasteiger partial charge in [0.05, 0.1) is 17.2 Å². The van der Waals surface area contributed by atoms with E-state index in [4.69, 9.17) is 10.5 Å². The van der Waals surface area contributed by atoms with Gasteiger partial charge >= 0.3 is 5.97 Å². The van der Waals surface area contributed by atoms with E-state index < -0.39 is 15.8 Å². The van der Waals surface area contributed by atoms with E-state index in [0.717, 1.165) is 0 Å². The van der Waals surface area contributed by atoms with Crippen molar-refractivity contribution in [3.63, 3.8) is 0 Å². The summed E-state index contributed by atoms with van der Waals surface area (Å²) >= 11 is 0. The molecule has 7 heteroatoms. The average Bonchev–Trinajstić information content (AvgIpc) is 2.71. The van der Waals surface area contributed by atoms with Crippen LogP contribution >= 0.6 is 0 Å². The van der Waals surface area contributed by atoms with Gasteiger partial charge in [-0.1, -0.05) is 6.92 Å². The van der Waals surface area contributed by atoms with Gasteiger partial charge in [-0.15, -0.1) is 0 Å². The number of anilines is 1. The SMILES string of the molecule is CCCS(=O)(=O)CCOC(=O)c1cc(N)cn1C(C)C. The van der Waals surface area contributed by atoms with Gasteiger partial charge in [-0.3, -0.25) is 0 Å². The molecule has 6 nitrogen and oxygen atoms in total. The summed E-state index contributed by atoms with van der Waals surface area (Å²) in [6, 6.07) is 1.60. The largest absolute Gasteiger partial charge is 0.460 e. The molecule has 0 spiro atoms. The fourth-order valence-electron chi connectivity index (χ4n) is 1.84. The van der Waals surface area contributed by atoms with Crippen molar-refractivity contribution in [2.45, 2.75) is 33.2 Å². The predicted molar refractivity (Wildman–Crippen MR) is 78.5 cm³/mol. The highest BCUT2D eigenvalue weighted by molar-refractivity contribution is 7.91. The van der Waals surface area contributed by atoms with E-state index in [1.54, 1.807) is 17.7 Å². The van der Waals surface area contributed by atoms with Crippen molar-refractivity contribution < 1.29 is 17.9 Å². The van der Waals surface area contributed by atoms with Crippen molar-refractivity contribution in [2.24, 2.45) is 0 Å². The molecule has 1 heterocycles. The van der Waals surface area contributed by atoms with Gasteiger partial charge in [-0.2, -0.15) is 0 Å². The molecule has 0 aliphatic heterocycles. The molecule has 2 N–H and O–H groups in total. The maximum atomic E-state index is 11.9. The Labute approximate surface area is 119 Å². The standard InChI is InChI=1S/C13H22N2O4S/c1-4-6-20(17,18)7-5-19-13(16)12-8-11(14)9-15(12)10(2)3/h8-10H,4-7,14H2,1-3H3. The van der Waals surface area contributed by atoms with Gasteiger partial charge in [-0.25, -0.2) is 13.2 Å². The molecule has 114 valence electrons. The number of hydrogen-bond acceptors (Lipinski definition) is 5. The number of sulfone groups is 1. The minimum absolute atomic E-state index is 0.0682. The van der Waals surface area contributed by atoms with E-state index in [1.165, 1.54) is 6.07 Å². The Morgan fingerprint density at radius 2 is 2.05 bits per heavy atom. The van der Waals surface area contributed by atoms with Crippen molar-refractivity contribution in [3.05, 3.63) is 18.0 Å². The third-order valence-electron chi connectivity index (χ3n) is 2.78. The van der Waals surface area contributed by atoms with Crippen LogP contribution in [0.1, 0.15) is 43.7 Å². The first-order valence-corrected chi connectivity index (χ1v) is 8.44. The molecule has 1 rings (SSSR count). The summed E-state index contributed by atoms with van der Waals surface area (Å²) in [4.78, 5) is 11.9. The first kappa shape index (κ1) is 16.6. The Hall–Kier alpha value is -1.50. The lowest BCUT2D eigenvalue weighted by Gasteiger charge is -2.12. The second kappa shape index (κ2) is 6.78. The topological polar surface area (TPSA) is 91.4 Å². The molecule has 0 atom stereocenters. The number of aromatic nitrogens is 1. The fourth-order valence-corrected chi connectivity index (χ4v) is 3.00. The number of hydrogen-bond donors (Lipinski definition) is 1. The summed E-state index contributed by atoms with van der Waals surface area (Å²) in [7, 11) is -3.14. The molecular weight excluding hydrogens is 280 g/mol. The molecule has 0 amide bonds. The summed E-state index contributed by atoms with van der Waals surface area (Å²) in [6.07, 6.45) is 2.22. The highest BCUT2D eigenvalue weighted by Crippen LogP contribution is 2.17. The number of carbonyl (C=O) groups is 1. The van der Waals surface area contributed by atoms with E-state index >= 15 is 0 Å². The number of nitrogens with zero attached hydrogens (tertiary/aromatic N) is 1. The Morgan fingerprint density at radius 1 is 1.40 bits per heavy atom. The minimum atomic E-state index is -3.14. The monoisotopic (exact) mass is 302 g/mol. The zero-order valence-corrected chi connectivity index (χ0v) is 12.9. The summed E-state index contributed by atoms with van der Waals surface area (Å²) in [5, 5.41) is 0. The van der Waals surface area contributed by atoms with E-state index in [-0.39, 0.29) is 24.2 Å². The van der Waals surface area contributed by atoms with Gasteiger partial charge in [0, 0.05) is 12.2 Å². The maximum absolute atomic E-state index is 11.9. The van der Waals surface area contributed by atoms with Gasteiger partial charge in [0.1, 0.15) is 12.3 Å². The van der Waals surface area contributed by atoms with Crippen LogP contribution in [0.4, 0.5) is 5.69 Å². The molecule has 0 saturated heterocycles. The first-order chi connectivity index (χ1) is 9.26. The molecule has 1 aromatic heterocycles. The van der Waals surface area contributed by atoms with E-state index in [1.807, 2.05) is 13.8 Å². The Morgan fingerprint density at radius 3 is 2.60 bits per heavy atom. The molecule has 1 aromatic rings. The second-order valence-corrected chi connectivity index (χ2v) is 7.25. The van der Waals surface area contributed by atoms with Crippen molar-refractivity contribution >= 4 is 21.5 Å². The molecule has 0 radical (unpaired) electrons. The number of nitrogen functional groups attached to an aromatic ring is 1. The van der Waals surface area contributed by atoms with Crippen LogP contribution in [0.25, 0.3) is 0 Å². The lowest BCUT2D eigenvalue weighted by Crippen LogP contribution is -2.19. The highest BCUT2D eigenvalue weighted by atomic mass is 32.2. The van der Waals surface area contributed by atoms with Crippen LogP contribution in [0.5, 0.6) is 0 Å². The average molecular weight is 302 g/mol. The molecule has 20 heavy (non-hydrogen) atoms. The van der Waals surface area contributed by atoms with Gasteiger partial charge in [-0.05, 0) is 26.3 Å². The molecule has 0 saturated carbocycles. The van der Waals surface area contributed by atoms with E-state index in [9.17, 15) is 13.2 Å². The third kappa shape index (κ3) is 4.56. The number of rotatable bonds is 7. The van der Waals surface area contributed by atoms with Crippen LogP contribution in [-0.2, 0) is 14.6 Å². The van der Waals surface area contributed by atoms with Crippen molar-refractivity contribution in [3.8, 4) is 0 Å². The highest BCUT2D eigenvalue weighted by Gasteiger charge is 2.17. The third-order valence-corrected chi connectivity index (χ3v) is 4.60. The van der Waals surface area contributed by atoms with Gasteiger partial charge in [0.25, 0.3) is 0 Å². The van der Waals surface area contributed by atoms with Crippen LogP contribution in [-0.4, -0.2) is 37.1 Å². The molecule has 0 aliphatic carbocycles. The van der Waals surface area contributed by atoms with E-state index in [2.05, 4.69) is 0 Å². The van der Waals surface area contributed by atoms with Crippen LogP contribution in [0, 0.1) is 0 Å². The Bertz CT molecular complexity index is 561. The molecule has 0 aromatic carbocycles. The smallest absolute Gasteiger partial charge is 0.355 e. The van der Waals surface area contributed by atoms with E-state index in [0.29, 0.717) is 17.8 Å². The lowest BCUT2D eigenvalue weighted by molar-refractivity contribution is 0.0515. The van der Waals surface area contributed by atoms with Crippen LogP contribution < -0.4 is 5.73 Å². The summed E-state index contributed by atoms with van der Waals surface area (Å²) < 4.78 is 29.7. The number of ether oxygens (including phenoxy) is 1. The molecular formula is C13H22N2O4S. The number of carbonyl (C=O) groups excluding carboxylic acids is 1. The van der Waals surface area contributed by atoms with Crippen molar-refractivity contribution in [1.82, 2.24) is 4.57 Å². The molecule has 0 aliphatic rings. The van der Waals surface area contributed by atoms with Gasteiger partial charge in [0.2, 0.25) is 0 Å². The first-order valence-electron chi connectivity index (χ1n) is 6.61.